The van der Waals surface area contributed by atoms with Crippen molar-refractivity contribution in [2.24, 2.45) is 5.73 Å². The Hall–Kier alpha value is -0.910. The molecule has 2 N–H and O–H groups in total. The lowest BCUT2D eigenvalue weighted by Crippen LogP contribution is -2.10. The maximum Gasteiger partial charge on any atom is 0.123 e. The van der Waals surface area contributed by atoms with Crippen molar-refractivity contribution in [2.75, 3.05) is 6.54 Å². The lowest BCUT2D eigenvalue weighted by Gasteiger charge is -1.92. The molecule has 0 aliphatic rings. The first-order valence-electron chi connectivity index (χ1n) is 4.14. The van der Waals surface area contributed by atoms with Crippen LogP contribution in [0.4, 0.5) is 0 Å². The molecule has 74 valence electrons. The van der Waals surface area contributed by atoms with E-state index in [0.29, 0.717) is 13.1 Å². The first kappa shape index (κ1) is 9.64. The summed E-state index contributed by atoms with van der Waals surface area (Å²) < 4.78 is 1.73. The standard InChI is InChI=1S/C8H9ClN4S/c9-6-3-8(14-5-6)7-4-13(2-1-10)12-11-7/h3-5H,1-2,10H2. The Morgan fingerprint density at radius 3 is 3.07 bits per heavy atom. The number of nitrogens with two attached hydrogens (primary N) is 1. The Balaban J connectivity index is 2.24. The molecule has 6 heteroatoms. The minimum Gasteiger partial charge on any atom is -0.329 e. The predicted octanol–water partition coefficient (Wildman–Crippen LogP) is 1.62. The van der Waals surface area contributed by atoms with Gasteiger partial charge in [-0.3, -0.25) is 4.68 Å². The third-order valence-corrected chi connectivity index (χ3v) is 3.02. The summed E-state index contributed by atoms with van der Waals surface area (Å²) in [5.41, 5.74) is 6.25. The third-order valence-electron chi connectivity index (χ3n) is 1.72. The van der Waals surface area contributed by atoms with E-state index < -0.39 is 0 Å². The molecule has 0 spiro atoms. The zero-order chi connectivity index (χ0) is 9.97. The van der Waals surface area contributed by atoms with E-state index in [1.165, 1.54) is 0 Å². The Morgan fingerprint density at radius 2 is 2.43 bits per heavy atom. The SMILES string of the molecule is NCCn1cc(-c2cc(Cl)cs2)nn1. The van der Waals surface area contributed by atoms with Gasteiger partial charge in [0.2, 0.25) is 0 Å². The molecule has 0 aliphatic heterocycles. The second kappa shape index (κ2) is 4.08. The molecule has 0 aromatic carbocycles. The summed E-state index contributed by atoms with van der Waals surface area (Å²) >= 11 is 7.37. The largest absolute Gasteiger partial charge is 0.329 e. The summed E-state index contributed by atoms with van der Waals surface area (Å²) in [5.74, 6) is 0. The lowest BCUT2D eigenvalue weighted by molar-refractivity contribution is 0.598. The van der Waals surface area contributed by atoms with E-state index in [4.69, 9.17) is 17.3 Å². The predicted molar refractivity (Wildman–Crippen MR) is 57.4 cm³/mol. The Kier molecular flexibility index (Phi) is 2.81. The van der Waals surface area contributed by atoms with E-state index in [2.05, 4.69) is 10.3 Å². The Bertz CT molecular complexity index is 422. The molecule has 2 rings (SSSR count). The molecule has 2 aromatic rings. The molecule has 2 aromatic heterocycles. The number of aromatic nitrogens is 3. The summed E-state index contributed by atoms with van der Waals surface area (Å²) in [4.78, 5) is 1.03. The summed E-state index contributed by atoms with van der Waals surface area (Å²) in [5, 5.41) is 10.6. The van der Waals surface area contributed by atoms with Gasteiger partial charge in [-0.2, -0.15) is 0 Å². The van der Waals surface area contributed by atoms with E-state index in [-0.39, 0.29) is 0 Å². The van der Waals surface area contributed by atoms with Crippen molar-refractivity contribution in [3.63, 3.8) is 0 Å². The fraction of sp³-hybridized carbons (Fsp3) is 0.250. The number of halogens is 1. The van der Waals surface area contributed by atoms with Gasteiger partial charge >= 0.3 is 0 Å². The van der Waals surface area contributed by atoms with E-state index in [9.17, 15) is 0 Å². The molecule has 0 unspecified atom stereocenters. The van der Waals surface area contributed by atoms with Crippen molar-refractivity contribution >= 4 is 22.9 Å². The van der Waals surface area contributed by atoms with Gasteiger partial charge < -0.3 is 5.73 Å². The lowest BCUT2D eigenvalue weighted by atomic mass is 10.4. The highest BCUT2D eigenvalue weighted by Crippen LogP contribution is 2.27. The highest BCUT2D eigenvalue weighted by atomic mass is 35.5. The van der Waals surface area contributed by atoms with Gasteiger partial charge in [0.05, 0.1) is 22.6 Å². The minimum atomic E-state index is 0.563. The number of rotatable bonds is 3. The van der Waals surface area contributed by atoms with Crippen molar-refractivity contribution in [1.82, 2.24) is 15.0 Å². The summed E-state index contributed by atoms with van der Waals surface area (Å²) in [7, 11) is 0. The average molecular weight is 229 g/mol. The molecular formula is C8H9ClN4S. The maximum absolute atomic E-state index is 5.81. The van der Waals surface area contributed by atoms with Crippen LogP contribution >= 0.6 is 22.9 Å². The molecule has 0 amide bonds. The van der Waals surface area contributed by atoms with E-state index in [1.807, 2.05) is 17.6 Å². The van der Waals surface area contributed by atoms with Crippen LogP contribution in [0, 0.1) is 0 Å². The van der Waals surface area contributed by atoms with E-state index >= 15 is 0 Å². The number of nitrogens with zero attached hydrogens (tertiary/aromatic N) is 3. The molecule has 0 fully saturated rings. The van der Waals surface area contributed by atoms with Gasteiger partial charge in [-0.1, -0.05) is 16.8 Å². The van der Waals surface area contributed by atoms with Crippen LogP contribution < -0.4 is 5.73 Å². The first-order valence-corrected chi connectivity index (χ1v) is 5.40. The molecule has 0 aliphatic carbocycles. The number of hydrogen-bond donors (Lipinski definition) is 1. The normalized spacial score (nSPS) is 10.7. The van der Waals surface area contributed by atoms with Crippen LogP contribution in [0.15, 0.2) is 17.6 Å². The highest BCUT2D eigenvalue weighted by Gasteiger charge is 2.05. The topological polar surface area (TPSA) is 56.7 Å². The van der Waals surface area contributed by atoms with Crippen LogP contribution in [0.1, 0.15) is 0 Å². The Morgan fingerprint density at radius 1 is 1.57 bits per heavy atom. The maximum atomic E-state index is 5.81. The highest BCUT2D eigenvalue weighted by molar-refractivity contribution is 7.14. The average Bonchev–Trinajstić information content (AvgIpc) is 2.74. The van der Waals surface area contributed by atoms with E-state index in [1.54, 1.807) is 16.0 Å². The fourth-order valence-electron chi connectivity index (χ4n) is 1.10. The molecule has 0 saturated heterocycles. The summed E-state index contributed by atoms with van der Waals surface area (Å²) in [6, 6.07) is 1.88. The van der Waals surface area contributed by atoms with Gasteiger partial charge in [-0.05, 0) is 6.07 Å². The van der Waals surface area contributed by atoms with Crippen molar-refractivity contribution in [1.29, 1.82) is 0 Å². The molecule has 0 atom stereocenters. The van der Waals surface area contributed by atoms with Crippen LogP contribution in [0.2, 0.25) is 5.02 Å². The summed E-state index contributed by atoms with van der Waals surface area (Å²) in [6.07, 6.45) is 1.87. The van der Waals surface area contributed by atoms with Crippen molar-refractivity contribution < 1.29 is 0 Å². The molecule has 2 heterocycles. The zero-order valence-electron chi connectivity index (χ0n) is 7.35. The van der Waals surface area contributed by atoms with Gasteiger partial charge in [0.15, 0.2) is 0 Å². The number of thiophene rings is 1. The molecule has 0 saturated carbocycles. The molecular weight excluding hydrogens is 220 g/mol. The fourth-order valence-corrected chi connectivity index (χ4v) is 2.12. The van der Waals surface area contributed by atoms with E-state index in [0.717, 1.165) is 15.6 Å². The molecule has 14 heavy (non-hydrogen) atoms. The first-order chi connectivity index (χ1) is 6.79. The van der Waals surface area contributed by atoms with Crippen molar-refractivity contribution in [3.8, 4) is 10.6 Å². The van der Waals surface area contributed by atoms with Crippen molar-refractivity contribution in [2.45, 2.75) is 6.54 Å². The van der Waals surface area contributed by atoms with Crippen LogP contribution in [-0.2, 0) is 6.54 Å². The summed E-state index contributed by atoms with van der Waals surface area (Å²) in [6.45, 7) is 1.25. The van der Waals surface area contributed by atoms with Crippen LogP contribution in [0.3, 0.4) is 0 Å². The van der Waals surface area contributed by atoms with Crippen LogP contribution in [-0.4, -0.2) is 21.5 Å². The Labute approximate surface area is 90.3 Å². The monoisotopic (exact) mass is 228 g/mol. The minimum absolute atomic E-state index is 0.563. The van der Waals surface area contributed by atoms with Gasteiger partial charge in [0.25, 0.3) is 0 Å². The second-order valence-corrected chi connectivity index (χ2v) is 4.13. The molecule has 4 nitrogen and oxygen atoms in total. The van der Waals surface area contributed by atoms with Crippen LogP contribution in [0.5, 0.6) is 0 Å². The zero-order valence-corrected chi connectivity index (χ0v) is 8.92. The van der Waals surface area contributed by atoms with Gasteiger partial charge in [-0.15, -0.1) is 16.4 Å². The quantitative estimate of drug-likeness (QED) is 0.869. The second-order valence-electron chi connectivity index (χ2n) is 2.78. The van der Waals surface area contributed by atoms with Gasteiger partial charge in [0.1, 0.15) is 5.69 Å². The number of hydrogen-bond acceptors (Lipinski definition) is 4. The molecule has 0 radical (unpaired) electrons. The third kappa shape index (κ3) is 1.95. The molecule has 0 bridgehead atoms. The van der Waals surface area contributed by atoms with Crippen molar-refractivity contribution in [3.05, 3.63) is 22.7 Å². The van der Waals surface area contributed by atoms with Crippen LogP contribution in [0.25, 0.3) is 10.6 Å². The van der Waals surface area contributed by atoms with Gasteiger partial charge in [-0.25, -0.2) is 0 Å². The smallest absolute Gasteiger partial charge is 0.123 e. The van der Waals surface area contributed by atoms with Gasteiger partial charge in [0, 0.05) is 11.9 Å².